The Morgan fingerprint density at radius 2 is 1.90 bits per heavy atom. The van der Waals surface area contributed by atoms with E-state index in [-0.39, 0.29) is 41.2 Å². The average Bonchev–Trinajstić information content (AvgIpc) is 2.65. The van der Waals surface area contributed by atoms with E-state index in [1.807, 2.05) is 13.8 Å². The first kappa shape index (κ1) is 22.4. The summed E-state index contributed by atoms with van der Waals surface area (Å²) in [5.74, 6) is -0.331. The third kappa shape index (κ3) is 5.77. The van der Waals surface area contributed by atoms with Gasteiger partial charge in [-0.1, -0.05) is 18.2 Å². The minimum Gasteiger partial charge on any atom is -0.382 e. The molecule has 0 aliphatic heterocycles. The van der Waals surface area contributed by atoms with Crippen molar-refractivity contribution in [1.82, 2.24) is 4.90 Å². The normalized spacial score (nSPS) is 11.3. The van der Waals surface area contributed by atoms with E-state index in [1.54, 1.807) is 42.2 Å². The predicted octanol–water partition coefficient (Wildman–Crippen LogP) is 3.68. The molecule has 29 heavy (non-hydrogen) atoms. The van der Waals surface area contributed by atoms with Gasteiger partial charge in [0.15, 0.2) is 0 Å². The Hall–Kier alpha value is -2.94. The van der Waals surface area contributed by atoms with Crippen molar-refractivity contribution < 1.29 is 22.3 Å². The van der Waals surface area contributed by atoms with Crippen molar-refractivity contribution in [2.24, 2.45) is 0 Å². The van der Waals surface area contributed by atoms with Crippen molar-refractivity contribution in [3.8, 4) is 5.75 Å². The second kappa shape index (κ2) is 9.04. The molecule has 156 valence electrons. The van der Waals surface area contributed by atoms with Crippen LogP contribution in [0.5, 0.6) is 5.75 Å². The number of aryl methyl sites for hydroxylation is 1. The number of hydrogen-bond donors (Lipinski definition) is 0. The Morgan fingerprint density at radius 3 is 2.48 bits per heavy atom. The lowest BCUT2D eigenvalue weighted by Crippen LogP contribution is -2.36. The highest BCUT2D eigenvalue weighted by Gasteiger charge is 2.22. The second-order valence-corrected chi connectivity index (χ2v) is 8.72. The number of carbonyl (C=O) groups is 1. The third-order valence-electron chi connectivity index (χ3n) is 4.37. The lowest BCUT2D eigenvalue weighted by molar-refractivity contribution is -0.385. The Labute approximate surface area is 170 Å². The van der Waals surface area contributed by atoms with Crippen LogP contribution in [-0.4, -0.2) is 35.9 Å². The van der Waals surface area contributed by atoms with Gasteiger partial charge in [0.2, 0.25) is 0 Å². The first-order valence-electron chi connectivity index (χ1n) is 9.11. The van der Waals surface area contributed by atoms with Gasteiger partial charge in [0.25, 0.3) is 11.6 Å². The average molecular weight is 420 g/mol. The number of nitro benzene ring substituents is 1. The smallest absolute Gasteiger partial charge is 0.308 e. The maximum atomic E-state index is 13.0. The predicted molar refractivity (Wildman–Crippen MR) is 109 cm³/mol. The minimum atomic E-state index is -3.65. The molecule has 8 nitrogen and oxygen atoms in total. The molecule has 2 rings (SSSR count). The number of nitro groups is 1. The molecule has 0 aromatic heterocycles. The Kier molecular flexibility index (Phi) is 6.97. The van der Waals surface area contributed by atoms with E-state index in [9.17, 15) is 23.3 Å². The van der Waals surface area contributed by atoms with Crippen LogP contribution in [0.25, 0.3) is 0 Å². The monoisotopic (exact) mass is 420 g/mol. The molecular formula is C20H24N2O6S. The van der Waals surface area contributed by atoms with Gasteiger partial charge in [-0.15, -0.1) is 0 Å². The number of benzene rings is 2. The van der Waals surface area contributed by atoms with Gasteiger partial charge < -0.3 is 9.08 Å². The fourth-order valence-electron chi connectivity index (χ4n) is 2.69. The highest BCUT2D eigenvalue weighted by molar-refractivity contribution is 7.87. The Bertz CT molecular complexity index is 1020. The summed E-state index contributed by atoms with van der Waals surface area (Å²) in [4.78, 5) is 25.2. The minimum absolute atomic E-state index is 0.111. The van der Waals surface area contributed by atoms with Crippen LogP contribution in [0.15, 0.2) is 42.5 Å². The van der Waals surface area contributed by atoms with Crippen molar-refractivity contribution in [3.63, 3.8) is 0 Å². The molecule has 0 unspecified atom stereocenters. The van der Waals surface area contributed by atoms with Crippen LogP contribution < -0.4 is 4.18 Å². The molecule has 0 N–H and O–H groups in total. The quantitative estimate of drug-likeness (QED) is 0.366. The number of amides is 1. The first-order chi connectivity index (χ1) is 13.5. The van der Waals surface area contributed by atoms with Gasteiger partial charge in [-0.25, -0.2) is 0 Å². The lowest BCUT2D eigenvalue weighted by Gasteiger charge is -2.27. The largest absolute Gasteiger partial charge is 0.382 e. The molecule has 0 saturated carbocycles. The maximum absolute atomic E-state index is 13.0. The molecule has 0 heterocycles. The lowest BCUT2D eigenvalue weighted by atomic mass is 10.1. The van der Waals surface area contributed by atoms with Gasteiger partial charge in [0.05, 0.1) is 10.7 Å². The van der Waals surface area contributed by atoms with Crippen LogP contribution in [0, 0.1) is 17.0 Å². The topological polar surface area (TPSA) is 107 Å². The summed E-state index contributed by atoms with van der Waals surface area (Å²) in [7, 11) is -3.65. The molecule has 0 spiro atoms. The van der Waals surface area contributed by atoms with Crippen LogP contribution in [0.2, 0.25) is 0 Å². The van der Waals surface area contributed by atoms with E-state index in [0.29, 0.717) is 11.1 Å². The second-order valence-electron chi connectivity index (χ2n) is 6.86. The molecular weight excluding hydrogens is 396 g/mol. The van der Waals surface area contributed by atoms with Gasteiger partial charge >= 0.3 is 10.1 Å². The van der Waals surface area contributed by atoms with Crippen LogP contribution in [0.4, 0.5) is 5.69 Å². The summed E-state index contributed by atoms with van der Waals surface area (Å²) in [6.07, 6.45) is 0. The summed E-state index contributed by atoms with van der Waals surface area (Å²) < 4.78 is 28.4. The standard InChI is InChI=1S/C20H24N2O6S/c1-5-29(26,27)28-18-8-6-7-16(11-18)13-21(14(2)3)20(23)17-10-9-15(4)19(12-17)22(24)25/h6-12,14H,5,13H2,1-4H3. The van der Waals surface area contributed by atoms with Gasteiger partial charge in [0.1, 0.15) is 5.75 Å². The molecule has 0 atom stereocenters. The maximum Gasteiger partial charge on any atom is 0.308 e. The van der Waals surface area contributed by atoms with E-state index in [4.69, 9.17) is 4.18 Å². The number of nitrogens with zero attached hydrogens (tertiary/aromatic N) is 2. The highest BCUT2D eigenvalue weighted by atomic mass is 32.2. The van der Waals surface area contributed by atoms with Gasteiger partial charge in [-0.05, 0) is 51.5 Å². The van der Waals surface area contributed by atoms with E-state index in [0.717, 1.165) is 0 Å². The van der Waals surface area contributed by atoms with E-state index >= 15 is 0 Å². The van der Waals surface area contributed by atoms with E-state index < -0.39 is 15.0 Å². The molecule has 0 aliphatic rings. The van der Waals surface area contributed by atoms with E-state index in [2.05, 4.69) is 0 Å². The van der Waals surface area contributed by atoms with Crippen molar-refractivity contribution in [1.29, 1.82) is 0 Å². The summed E-state index contributed by atoms with van der Waals surface area (Å²) in [5, 5.41) is 11.2. The zero-order valence-corrected chi connectivity index (χ0v) is 17.6. The molecule has 0 fully saturated rings. The molecule has 0 radical (unpaired) electrons. The molecule has 0 bridgehead atoms. The van der Waals surface area contributed by atoms with Crippen LogP contribution in [-0.2, 0) is 16.7 Å². The summed E-state index contributed by atoms with van der Waals surface area (Å²) >= 11 is 0. The van der Waals surface area contributed by atoms with Gasteiger partial charge in [0, 0.05) is 29.8 Å². The fourth-order valence-corrected chi connectivity index (χ4v) is 3.21. The molecule has 2 aromatic carbocycles. The summed E-state index contributed by atoms with van der Waals surface area (Å²) in [5.41, 5.74) is 1.26. The summed E-state index contributed by atoms with van der Waals surface area (Å²) in [6, 6.07) is 10.7. The van der Waals surface area contributed by atoms with Gasteiger partial charge in [-0.3, -0.25) is 14.9 Å². The SMILES string of the molecule is CCS(=O)(=O)Oc1cccc(CN(C(=O)c2ccc(C)c([N+](=O)[O-])c2)C(C)C)c1. The number of hydrogen-bond acceptors (Lipinski definition) is 6. The van der Waals surface area contributed by atoms with Crippen LogP contribution in [0.1, 0.15) is 42.3 Å². The molecule has 0 saturated heterocycles. The molecule has 1 amide bonds. The number of rotatable bonds is 8. The zero-order chi connectivity index (χ0) is 21.8. The highest BCUT2D eigenvalue weighted by Crippen LogP contribution is 2.23. The van der Waals surface area contributed by atoms with Crippen molar-refractivity contribution in [2.45, 2.75) is 40.3 Å². The molecule has 2 aromatic rings. The number of carbonyl (C=O) groups excluding carboxylic acids is 1. The van der Waals surface area contributed by atoms with Gasteiger partial charge in [-0.2, -0.15) is 8.42 Å². The third-order valence-corrected chi connectivity index (χ3v) is 5.52. The van der Waals surface area contributed by atoms with Crippen LogP contribution >= 0.6 is 0 Å². The Balaban J connectivity index is 2.30. The fraction of sp³-hybridized carbons (Fsp3) is 0.350. The Morgan fingerprint density at radius 1 is 1.21 bits per heavy atom. The van der Waals surface area contributed by atoms with E-state index in [1.165, 1.54) is 19.1 Å². The van der Waals surface area contributed by atoms with Crippen LogP contribution in [0.3, 0.4) is 0 Å². The molecule has 9 heteroatoms. The summed E-state index contributed by atoms with van der Waals surface area (Å²) in [6.45, 7) is 6.97. The van der Waals surface area contributed by atoms with Crippen molar-refractivity contribution in [2.75, 3.05) is 5.75 Å². The van der Waals surface area contributed by atoms with Crippen molar-refractivity contribution >= 4 is 21.7 Å². The van der Waals surface area contributed by atoms with Crippen molar-refractivity contribution in [3.05, 3.63) is 69.3 Å². The zero-order valence-electron chi connectivity index (χ0n) is 16.8. The first-order valence-corrected chi connectivity index (χ1v) is 10.7. The molecule has 0 aliphatic carbocycles.